The van der Waals surface area contributed by atoms with Gasteiger partial charge in [0.05, 0.1) is 5.56 Å². The molecule has 0 atom stereocenters. The van der Waals surface area contributed by atoms with Gasteiger partial charge in [-0.3, -0.25) is 14.4 Å². The molecule has 0 fully saturated rings. The maximum Gasteiger partial charge on any atom is 0.325 e. The van der Waals surface area contributed by atoms with Crippen LogP contribution < -0.4 is 5.32 Å². The van der Waals surface area contributed by atoms with E-state index < -0.39 is 30.1 Å². The summed E-state index contributed by atoms with van der Waals surface area (Å²) in [7, 11) is 0. The zero-order chi connectivity index (χ0) is 17.5. The van der Waals surface area contributed by atoms with Gasteiger partial charge in [-0.1, -0.05) is 28.1 Å². The molecule has 2 aromatic rings. The van der Waals surface area contributed by atoms with Crippen molar-refractivity contribution in [3.8, 4) is 0 Å². The minimum atomic E-state index is -0.787. The van der Waals surface area contributed by atoms with Crippen molar-refractivity contribution >= 4 is 33.6 Å². The Bertz CT molecular complexity index is 761. The van der Waals surface area contributed by atoms with E-state index in [2.05, 4.69) is 21.2 Å². The van der Waals surface area contributed by atoms with Gasteiger partial charge in [0, 0.05) is 10.0 Å². The second-order valence-corrected chi connectivity index (χ2v) is 5.67. The SMILES string of the molecule is O=C(CNC(=O)c1ccc(Br)cc1)OCC(=O)c1ccccc1F. The average Bonchev–Trinajstić information content (AvgIpc) is 2.58. The van der Waals surface area contributed by atoms with Gasteiger partial charge in [0.15, 0.2) is 6.61 Å². The van der Waals surface area contributed by atoms with E-state index in [4.69, 9.17) is 4.74 Å². The van der Waals surface area contributed by atoms with E-state index in [0.717, 1.165) is 10.5 Å². The Kier molecular flexibility index (Phi) is 6.20. The monoisotopic (exact) mass is 393 g/mol. The highest BCUT2D eigenvalue weighted by Crippen LogP contribution is 2.10. The number of halogens is 2. The Balaban J connectivity index is 1.79. The molecule has 5 nitrogen and oxygen atoms in total. The smallest absolute Gasteiger partial charge is 0.325 e. The van der Waals surface area contributed by atoms with E-state index in [1.807, 2.05) is 0 Å². The fourth-order valence-corrected chi connectivity index (χ4v) is 2.08. The third-order valence-corrected chi connectivity index (χ3v) is 3.57. The van der Waals surface area contributed by atoms with Crippen molar-refractivity contribution in [1.29, 1.82) is 0 Å². The van der Waals surface area contributed by atoms with Crippen molar-refractivity contribution in [2.45, 2.75) is 0 Å². The van der Waals surface area contributed by atoms with Gasteiger partial charge in [0.2, 0.25) is 5.78 Å². The molecular formula is C17H13BrFNO4. The van der Waals surface area contributed by atoms with Gasteiger partial charge in [0.1, 0.15) is 12.4 Å². The molecular weight excluding hydrogens is 381 g/mol. The van der Waals surface area contributed by atoms with Crippen LogP contribution in [-0.4, -0.2) is 30.8 Å². The van der Waals surface area contributed by atoms with Crippen LogP contribution >= 0.6 is 15.9 Å². The zero-order valence-electron chi connectivity index (χ0n) is 12.4. The molecule has 0 heterocycles. The number of ether oxygens (including phenoxy) is 1. The molecule has 0 aromatic heterocycles. The van der Waals surface area contributed by atoms with Crippen molar-refractivity contribution in [3.05, 3.63) is 69.9 Å². The number of esters is 1. The van der Waals surface area contributed by atoms with Crippen molar-refractivity contribution in [1.82, 2.24) is 5.32 Å². The van der Waals surface area contributed by atoms with E-state index >= 15 is 0 Å². The Hall–Kier alpha value is -2.54. The van der Waals surface area contributed by atoms with Gasteiger partial charge in [-0.25, -0.2) is 4.39 Å². The first-order valence-electron chi connectivity index (χ1n) is 6.94. The van der Waals surface area contributed by atoms with E-state index in [9.17, 15) is 18.8 Å². The molecule has 0 radical (unpaired) electrons. The van der Waals surface area contributed by atoms with Crippen LogP contribution in [0.3, 0.4) is 0 Å². The molecule has 2 aromatic carbocycles. The van der Waals surface area contributed by atoms with Gasteiger partial charge in [-0.15, -0.1) is 0 Å². The molecule has 0 aliphatic heterocycles. The van der Waals surface area contributed by atoms with Crippen LogP contribution in [0, 0.1) is 5.82 Å². The van der Waals surface area contributed by atoms with Crippen LogP contribution in [0.4, 0.5) is 4.39 Å². The Morgan fingerprint density at radius 1 is 1.04 bits per heavy atom. The number of amides is 1. The Labute approximate surface area is 145 Å². The second-order valence-electron chi connectivity index (χ2n) is 4.75. The van der Waals surface area contributed by atoms with Crippen LogP contribution in [0.5, 0.6) is 0 Å². The summed E-state index contributed by atoms with van der Waals surface area (Å²) in [6, 6.07) is 12.0. The lowest BCUT2D eigenvalue weighted by Crippen LogP contribution is -2.31. The third-order valence-electron chi connectivity index (χ3n) is 3.04. The summed E-state index contributed by atoms with van der Waals surface area (Å²) in [5.41, 5.74) is 0.234. The van der Waals surface area contributed by atoms with Crippen LogP contribution in [0.15, 0.2) is 53.0 Å². The lowest BCUT2D eigenvalue weighted by molar-refractivity contribution is -0.141. The highest BCUT2D eigenvalue weighted by molar-refractivity contribution is 9.10. The highest BCUT2D eigenvalue weighted by atomic mass is 79.9. The summed E-state index contributed by atoms with van der Waals surface area (Å²) in [5.74, 6) is -2.56. The third kappa shape index (κ3) is 4.99. The maximum atomic E-state index is 13.4. The standard InChI is InChI=1S/C17H13BrFNO4/c18-12-7-5-11(6-8-12)17(23)20-9-16(22)24-10-15(21)13-3-1-2-4-14(13)19/h1-8H,9-10H2,(H,20,23). The highest BCUT2D eigenvalue weighted by Gasteiger charge is 2.14. The zero-order valence-corrected chi connectivity index (χ0v) is 14.0. The average molecular weight is 394 g/mol. The van der Waals surface area contributed by atoms with Crippen LogP contribution in [0.2, 0.25) is 0 Å². The predicted octanol–water partition coefficient (Wildman–Crippen LogP) is 2.74. The van der Waals surface area contributed by atoms with Gasteiger partial charge in [0.25, 0.3) is 5.91 Å². The molecule has 1 amide bonds. The molecule has 0 spiro atoms. The number of ketones is 1. The second kappa shape index (κ2) is 8.35. The minimum Gasteiger partial charge on any atom is -0.456 e. The number of benzene rings is 2. The van der Waals surface area contributed by atoms with Gasteiger partial charge in [-0.05, 0) is 36.4 Å². The summed E-state index contributed by atoms with van der Waals surface area (Å²) >= 11 is 3.25. The fourth-order valence-electron chi connectivity index (χ4n) is 1.82. The van der Waals surface area contributed by atoms with Crippen molar-refractivity contribution in [2.75, 3.05) is 13.2 Å². The first-order valence-corrected chi connectivity index (χ1v) is 7.74. The first-order chi connectivity index (χ1) is 11.5. The molecule has 2 rings (SSSR count). The molecule has 0 saturated carbocycles. The minimum absolute atomic E-state index is 0.149. The molecule has 124 valence electrons. The summed E-state index contributed by atoms with van der Waals surface area (Å²) in [6.07, 6.45) is 0. The van der Waals surface area contributed by atoms with E-state index in [1.165, 1.54) is 18.2 Å². The van der Waals surface area contributed by atoms with Crippen molar-refractivity contribution in [3.63, 3.8) is 0 Å². The first kappa shape index (κ1) is 17.8. The van der Waals surface area contributed by atoms with Crippen molar-refractivity contribution < 1.29 is 23.5 Å². The summed E-state index contributed by atoms with van der Waals surface area (Å²) in [6.45, 7) is -0.979. The van der Waals surface area contributed by atoms with Crippen LogP contribution in [0.25, 0.3) is 0 Å². The van der Waals surface area contributed by atoms with Gasteiger partial charge < -0.3 is 10.1 Å². The summed E-state index contributed by atoms with van der Waals surface area (Å²) in [5, 5.41) is 2.38. The van der Waals surface area contributed by atoms with E-state index in [0.29, 0.717) is 5.56 Å². The number of hydrogen-bond acceptors (Lipinski definition) is 4. The van der Waals surface area contributed by atoms with Crippen molar-refractivity contribution in [2.24, 2.45) is 0 Å². The van der Waals surface area contributed by atoms with Crippen LogP contribution in [0.1, 0.15) is 20.7 Å². The maximum absolute atomic E-state index is 13.4. The number of hydrogen-bond donors (Lipinski definition) is 1. The molecule has 0 bridgehead atoms. The molecule has 24 heavy (non-hydrogen) atoms. The number of rotatable bonds is 6. The van der Waals surface area contributed by atoms with Crippen LogP contribution in [-0.2, 0) is 9.53 Å². The summed E-state index contributed by atoms with van der Waals surface area (Å²) < 4.78 is 19.0. The molecule has 0 aliphatic carbocycles. The fraction of sp³-hybridized carbons (Fsp3) is 0.118. The number of nitrogens with one attached hydrogen (secondary N) is 1. The Morgan fingerprint density at radius 2 is 1.71 bits per heavy atom. The normalized spacial score (nSPS) is 10.1. The molecule has 0 aliphatic rings. The number of carbonyl (C=O) groups excluding carboxylic acids is 3. The molecule has 0 unspecified atom stereocenters. The number of Topliss-reactive ketones (excluding diaryl/α,β-unsaturated/α-hetero) is 1. The van der Waals surface area contributed by atoms with Gasteiger partial charge in [-0.2, -0.15) is 0 Å². The topological polar surface area (TPSA) is 72.5 Å². The number of carbonyl (C=O) groups is 3. The largest absolute Gasteiger partial charge is 0.456 e. The van der Waals surface area contributed by atoms with E-state index in [1.54, 1.807) is 24.3 Å². The Morgan fingerprint density at radius 3 is 2.38 bits per heavy atom. The molecule has 7 heteroatoms. The molecule has 1 N–H and O–H groups in total. The summed E-state index contributed by atoms with van der Waals surface area (Å²) in [4.78, 5) is 35.1. The predicted molar refractivity (Wildman–Crippen MR) is 88.2 cm³/mol. The lowest BCUT2D eigenvalue weighted by Gasteiger charge is -2.07. The quantitative estimate of drug-likeness (QED) is 0.604. The van der Waals surface area contributed by atoms with Gasteiger partial charge >= 0.3 is 5.97 Å². The van der Waals surface area contributed by atoms with E-state index in [-0.39, 0.29) is 12.1 Å². The lowest BCUT2D eigenvalue weighted by atomic mass is 10.1. The molecule has 0 saturated heterocycles.